The lowest BCUT2D eigenvalue weighted by Gasteiger charge is -2.28. The van der Waals surface area contributed by atoms with Crippen LogP contribution in [0.15, 0.2) is 22.7 Å². The molecule has 0 amide bonds. The Morgan fingerprint density at radius 2 is 2.11 bits per heavy atom. The van der Waals surface area contributed by atoms with Crippen LogP contribution in [0.1, 0.15) is 36.0 Å². The fraction of sp³-hybridized carbons (Fsp3) is 0.500. The van der Waals surface area contributed by atoms with Gasteiger partial charge in [-0.2, -0.15) is 0 Å². The summed E-state index contributed by atoms with van der Waals surface area (Å²) in [5, 5.41) is 0. The first-order chi connectivity index (χ1) is 8.72. The fourth-order valence-corrected chi connectivity index (χ4v) is 2.64. The molecule has 3 nitrogen and oxygen atoms in total. The van der Waals surface area contributed by atoms with E-state index in [0.717, 1.165) is 42.2 Å². The molecule has 1 aliphatic carbocycles. The van der Waals surface area contributed by atoms with E-state index in [4.69, 9.17) is 9.47 Å². The van der Waals surface area contributed by atoms with Gasteiger partial charge in [-0.25, -0.2) is 0 Å². The quantitative estimate of drug-likeness (QED) is 0.797. The first kappa shape index (κ1) is 13.6. The van der Waals surface area contributed by atoms with Crippen LogP contribution in [0.5, 0.6) is 5.75 Å². The lowest BCUT2D eigenvalue weighted by molar-refractivity contribution is 0.0209. The highest BCUT2D eigenvalue weighted by Gasteiger charge is 2.23. The molecule has 2 atom stereocenters. The Labute approximate surface area is 116 Å². The van der Waals surface area contributed by atoms with Gasteiger partial charge < -0.3 is 9.47 Å². The van der Waals surface area contributed by atoms with Crippen LogP contribution < -0.4 is 4.74 Å². The van der Waals surface area contributed by atoms with E-state index in [9.17, 15) is 4.79 Å². The van der Waals surface area contributed by atoms with Crippen molar-refractivity contribution in [2.45, 2.75) is 37.9 Å². The van der Waals surface area contributed by atoms with Gasteiger partial charge in [0.15, 0.2) is 6.29 Å². The SMILES string of the molecule is COC1CCCC(Oc2ccc(Br)c(C=O)c2)C1. The zero-order valence-corrected chi connectivity index (χ0v) is 12.0. The van der Waals surface area contributed by atoms with Crippen LogP contribution in [0.2, 0.25) is 0 Å². The Morgan fingerprint density at radius 3 is 2.83 bits per heavy atom. The Morgan fingerprint density at radius 1 is 1.33 bits per heavy atom. The molecule has 0 aromatic heterocycles. The molecule has 0 heterocycles. The molecular weight excluding hydrogens is 296 g/mol. The number of benzene rings is 1. The molecule has 0 N–H and O–H groups in total. The molecule has 1 aliphatic rings. The van der Waals surface area contributed by atoms with Gasteiger partial charge in [0.25, 0.3) is 0 Å². The van der Waals surface area contributed by atoms with Crippen molar-refractivity contribution in [1.82, 2.24) is 0 Å². The van der Waals surface area contributed by atoms with Crippen molar-refractivity contribution in [2.75, 3.05) is 7.11 Å². The number of hydrogen-bond donors (Lipinski definition) is 0. The predicted octanol–water partition coefficient (Wildman–Crippen LogP) is 3.60. The van der Waals surface area contributed by atoms with Crippen LogP contribution in [0.25, 0.3) is 0 Å². The van der Waals surface area contributed by atoms with Crippen LogP contribution in [-0.2, 0) is 4.74 Å². The van der Waals surface area contributed by atoms with E-state index in [-0.39, 0.29) is 6.10 Å². The van der Waals surface area contributed by atoms with Gasteiger partial charge in [-0.05, 0) is 37.5 Å². The minimum Gasteiger partial charge on any atom is -0.490 e. The lowest BCUT2D eigenvalue weighted by Crippen LogP contribution is -2.29. The molecule has 0 bridgehead atoms. The standard InChI is InChI=1S/C14H17BrO3/c1-17-11-3-2-4-12(8-11)18-13-5-6-14(15)10(7-13)9-16/h5-7,9,11-12H,2-4,8H2,1H3. The topological polar surface area (TPSA) is 35.5 Å². The first-order valence-corrected chi connectivity index (χ1v) is 6.96. The summed E-state index contributed by atoms with van der Waals surface area (Å²) < 4.78 is 12.1. The van der Waals surface area contributed by atoms with Crippen LogP contribution in [0.4, 0.5) is 0 Å². The van der Waals surface area contributed by atoms with Crippen molar-refractivity contribution < 1.29 is 14.3 Å². The van der Waals surface area contributed by atoms with Gasteiger partial charge in [-0.15, -0.1) is 0 Å². The maximum Gasteiger partial charge on any atom is 0.151 e. The lowest BCUT2D eigenvalue weighted by atomic mass is 9.95. The molecule has 1 aromatic carbocycles. The molecular formula is C14H17BrO3. The molecule has 0 radical (unpaired) electrons. The number of carbonyl (C=O) groups excluding carboxylic acids is 1. The molecule has 1 fully saturated rings. The van der Waals surface area contributed by atoms with Crippen LogP contribution in [-0.4, -0.2) is 25.6 Å². The third-order valence-electron chi connectivity index (χ3n) is 3.31. The zero-order chi connectivity index (χ0) is 13.0. The second kappa shape index (κ2) is 6.34. The minimum atomic E-state index is 0.185. The van der Waals surface area contributed by atoms with E-state index in [1.165, 1.54) is 0 Å². The Bertz CT molecular complexity index is 420. The van der Waals surface area contributed by atoms with E-state index < -0.39 is 0 Å². The van der Waals surface area contributed by atoms with Gasteiger partial charge in [0, 0.05) is 23.6 Å². The first-order valence-electron chi connectivity index (χ1n) is 6.17. The molecule has 0 spiro atoms. The van der Waals surface area contributed by atoms with Crippen molar-refractivity contribution in [3.05, 3.63) is 28.2 Å². The highest BCUT2D eigenvalue weighted by Crippen LogP contribution is 2.27. The Kier molecular flexibility index (Phi) is 4.78. The molecule has 98 valence electrons. The number of carbonyl (C=O) groups is 1. The molecule has 0 aliphatic heterocycles. The molecule has 0 saturated heterocycles. The Hall–Kier alpha value is -0.870. The van der Waals surface area contributed by atoms with Crippen molar-refractivity contribution >= 4 is 22.2 Å². The predicted molar refractivity (Wildman–Crippen MR) is 73.2 cm³/mol. The van der Waals surface area contributed by atoms with Gasteiger partial charge in [0.1, 0.15) is 11.9 Å². The number of ether oxygens (including phenoxy) is 2. The monoisotopic (exact) mass is 312 g/mol. The van der Waals surface area contributed by atoms with Crippen molar-refractivity contribution in [3.8, 4) is 5.75 Å². The van der Waals surface area contributed by atoms with Crippen molar-refractivity contribution in [2.24, 2.45) is 0 Å². The largest absolute Gasteiger partial charge is 0.490 e. The summed E-state index contributed by atoms with van der Waals surface area (Å²) in [5.41, 5.74) is 0.617. The van der Waals surface area contributed by atoms with Gasteiger partial charge in [-0.1, -0.05) is 15.9 Å². The second-order valence-electron chi connectivity index (χ2n) is 4.57. The number of rotatable bonds is 4. The van der Waals surface area contributed by atoms with Gasteiger partial charge >= 0.3 is 0 Å². The number of methoxy groups -OCH3 is 1. The molecule has 1 aromatic rings. The molecule has 18 heavy (non-hydrogen) atoms. The van der Waals surface area contributed by atoms with Gasteiger partial charge in [0.2, 0.25) is 0 Å². The van der Waals surface area contributed by atoms with E-state index >= 15 is 0 Å². The summed E-state index contributed by atoms with van der Waals surface area (Å²) in [6, 6.07) is 5.50. The molecule has 4 heteroatoms. The minimum absolute atomic E-state index is 0.185. The molecule has 2 rings (SSSR count). The smallest absolute Gasteiger partial charge is 0.151 e. The van der Waals surface area contributed by atoms with Gasteiger partial charge in [-0.3, -0.25) is 4.79 Å². The summed E-state index contributed by atoms with van der Waals surface area (Å²) >= 11 is 3.33. The summed E-state index contributed by atoms with van der Waals surface area (Å²) in [4.78, 5) is 10.9. The van der Waals surface area contributed by atoms with E-state index in [0.29, 0.717) is 11.7 Å². The second-order valence-corrected chi connectivity index (χ2v) is 5.42. The van der Waals surface area contributed by atoms with E-state index in [2.05, 4.69) is 15.9 Å². The van der Waals surface area contributed by atoms with Crippen LogP contribution in [0.3, 0.4) is 0 Å². The molecule has 2 unspecified atom stereocenters. The maximum absolute atomic E-state index is 10.9. The summed E-state index contributed by atoms with van der Waals surface area (Å²) in [7, 11) is 1.75. The highest BCUT2D eigenvalue weighted by atomic mass is 79.9. The fourth-order valence-electron chi connectivity index (χ4n) is 2.30. The normalized spacial score (nSPS) is 23.7. The van der Waals surface area contributed by atoms with Crippen molar-refractivity contribution in [1.29, 1.82) is 0 Å². The summed E-state index contributed by atoms with van der Waals surface area (Å²) in [6.45, 7) is 0. The maximum atomic E-state index is 10.9. The van der Waals surface area contributed by atoms with Gasteiger partial charge in [0.05, 0.1) is 6.10 Å². The third-order valence-corrected chi connectivity index (χ3v) is 4.03. The summed E-state index contributed by atoms with van der Waals surface area (Å²) in [6.07, 6.45) is 5.51. The van der Waals surface area contributed by atoms with Crippen molar-refractivity contribution in [3.63, 3.8) is 0 Å². The molecule has 1 saturated carbocycles. The average molecular weight is 313 g/mol. The Balaban J connectivity index is 2.02. The number of hydrogen-bond acceptors (Lipinski definition) is 3. The highest BCUT2D eigenvalue weighted by molar-refractivity contribution is 9.10. The van der Waals surface area contributed by atoms with E-state index in [1.54, 1.807) is 13.2 Å². The zero-order valence-electron chi connectivity index (χ0n) is 10.4. The third kappa shape index (κ3) is 3.33. The average Bonchev–Trinajstić information content (AvgIpc) is 2.41. The van der Waals surface area contributed by atoms with Crippen LogP contribution in [0, 0.1) is 0 Å². The summed E-state index contributed by atoms with van der Waals surface area (Å²) in [5.74, 6) is 0.752. The van der Waals surface area contributed by atoms with E-state index in [1.807, 2.05) is 12.1 Å². The number of aldehydes is 1. The number of halogens is 1. The van der Waals surface area contributed by atoms with Crippen LogP contribution >= 0.6 is 15.9 Å².